The monoisotopic (exact) mass is 502 g/mol. The molecule has 0 heterocycles. The molecule has 0 rings (SSSR count). The van der Waals surface area contributed by atoms with Crippen LogP contribution < -0.4 is 0 Å². The Labute approximate surface area is 181 Å². The average Bonchev–Trinajstić information content (AvgIpc) is 2.75. The normalized spacial score (nSPS) is 1.96. The minimum atomic E-state index is -0.495. The molecule has 0 atom stereocenters. The molecule has 0 unspecified atom stereocenters. The molecule has 0 aliphatic rings. The number of carbonyl (C=O) groups is 1. The van der Waals surface area contributed by atoms with E-state index in [4.69, 9.17) is 41.9 Å². The molecule has 0 amide bonds. The summed E-state index contributed by atoms with van der Waals surface area (Å²) in [4.78, 5) is 9.48. The van der Waals surface area contributed by atoms with Crippen LogP contribution in [0, 0.1) is 66.8 Å². The Morgan fingerprint density at radius 1 is 0.538 bits per heavy atom. The van der Waals surface area contributed by atoms with Crippen LogP contribution in [-0.2, 0) is 102 Å². The smallest absolute Gasteiger partial charge is 0.164 e. The Morgan fingerprint density at radius 3 is 0.577 bits per heavy atom. The summed E-state index contributed by atoms with van der Waals surface area (Å²) < 4.78 is 71.5. The van der Waals surface area contributed by atoms with Crippen molar-refractivity contribution in [1.29, 1.82) is 0 Å². The zero-order valence-electron chi connectivity index (χ0n) is 12.2. The molecule has 0 N–H and O–H groups in total. The third kappa shape index (κ3) is 38600. The fraction of sp³-hybridized carbons (Fsp3) is 0.0833. The molecule has 0 aliphatic heterocycles. The standard InChI is InChI=1S/C3H5O2.9CO.3Co/c1-3(4)5-2;9*1-2;;;/h1H2,2H3;;;;;;;;;;;;/q-1;;;;;;;;;;;;. The summed E-state index contributed by atoms with van der Waals surface area (Å²) in [6.45, 7) is 43.4. The third-order valence-corrected chi connectivity index (χ3v) is 0.228. The first-order valence-electron chi connectivity index (χ1n) is 3.01. The van der Waals surface area contributed by atoms with Crippen molar-refractivity contribution >= 4 is 5.97 Å². The van der Waals surface area contributed by atoms with Gasteiger partial charge in [0.1, 0.15) is 0 Å². The van der Waals surface area contributed by atoms with E-state index in [1.165, 1.54) is 7.11 Å². The van der Waals surface area contributed by atoms with Crippen LogP contribution in [0.5, 0.6) is 0 Å². The maximum Gasteiger partial charge on any atom is 0.164 e. The van der Waals surface area contributed by atoms with Crippen molar-refractivity contribution < 1.29 is 102 Å². The van der Waals surface area contributed by atoms with E-state index in [-0.39, 0.29) is 50.3 Å². The average molecular weight is 502 g/mol. The van der Waals surface area contributed by atoms with Crippen molar-refractivity contribution in [3.8, 4) is 0 Å². The molecule has 0 aromatic heterocycles. The number of hydrogen-bond acceptors (Lipinski definition) is 2. The van der Waals surface area contributed by atoms with Crippen LogP contribution in [0.4, 0.5) is 0 Å². The first kappa shape index (κ1) is 102. The van der Waals surface area contributed by atoms with Gasteiger partial charge in [-0.3, -0.25) is 11.7 Å². The van der Waals surface area contributed by atoms with E-state index in [0.717, 1.165) is 0 Å². The van der Waals surface area contributed by atoms with Crippen LogP contribution in [-0.4, -0.2) is 13.1 Å². The van der Waals surface area contributed by atoms with Gasteiger partial charge in [0.25, 0.3) is 0 Å². The maximum absolute atomic E-state index is 9.48. The van der Waals surface area contributed by atoms with E-state index in [2.05, 4.69) is 71.5 Å². The Balaban J connectivity index is -0.00000000668. The van der Waals surface area contributed by atoms with E-state index in [0.29, 0.717) is 0 Å². The molecule has 14 heteroatoms. The first-order chi connectivity index (χ1) is 11.3. The van der Waals surface area contributed by atoms with Crippen molar-refractivity contribution in [2.45, 2.75) is 0 Å². The molecule has 0 fully saturated rings. The van der Waals surface area contributed by atoms with Gasteiger partial charge in [0, 0.05) is 50.3 Å². The maximum atomic E-state index is 9.48. The second-order valence-electron chi connectivity index (χ2n) is 0.576. The Morgan fingerprint density at radius 2 is 0.577 bits per heavy atom. The van der Waals surface area contributed by atoms with E-state index in [9.17, 15) is 4.79 Å². The number of rotatable bonds is 0. The van der Waals surface area contributed by atoms with E-state index in [1.807, 2.05) is 0 Å². The number of carbonyl (C=O) groups excluding carboxylic acids is 1. The van der Waals surface area contributed by atoms with Gasteiger partial charge >= 0.3 is 102 Å². The minimum absolute atomic E-state index is 0. The summed E-state index contributed by atoms with van der Waals surface area (Å²) in [6, 6.07) is 0. The summed E-state index contributed by atoms with van der Waals surface area (Å²) in [5.74, 6) is -0.495. The number of esters is 1. The van der Waals surface area contributed by atoms with Crippen LogP contribution in [0.15, 0.2) is 0 Å². The number of hydrogen-bond donors (Lipinski definition) is 0. The Hall–Kier alpha value is -1.48. The largest absolute Gasteiger partial charge is 0.492 e. The van der Waals surface area contributed by atoms with Crippen molar-refractivity contribution in [3.63, 3.8) is 0 Å². The molecule has 0 aliphatic carbocycles. The van der Waals surface area contributed by atoms with Gasteiger partial charge < -0.3 is 4.74 Å². The summed E-state index contributed by atoms with van der Waals surface area (Å²) in [5.41, 5.74) is 0. The molecule has 0 spiro atoms. The van der Waals surface area contributed by atoms with E-state index < -0.39 is 5.97 Å². The molecule has 0 saturated heterocycles. The predicted molar refractivity (Wildman–Crippen MR) is 52.7 cm³/mol. The van der Waals surface area contributed by atoms with E-state index >= 15 is 0 Å². The van der Waals surface area contributed by atoms with Gasteiger partial charge in [0.15, 0.2) is 5.97 Å². The van der Waals surface area contributed by atoms with E-state index in [1.54, 1.807) is 0 Å². The van der Waals surface area contributed by atoms with Crippen molar-refractivity contribution in [3.05, 3.63) is 66.8 Å². The minimum Gasteiger partial charge on any atom is -0.492 e. The second kappa shape index (κ2) is 1880. The first-order valence-corrected chi connectivity index (χ1v) is 3.01. The van der Waals surface area contributed by atoms with Gasteiger partial charge in [-0.2, -0.15) is 0 Å². The van der Waals surface area contributed by atoms with Crippen LogP contribution in [0.1, 0.15) is 0 Å². The molecular weight excluding hydrogens is 497 g/mol. The molecule has 147 valence electrons. The molecule has 0 aromatic rings. The molecule has 0 saturated carbocycles. The van der Waals surface area contributed by atoms with Gasteiger partial charge in [0.2, 0.25) is 0 Å². The number of ether oxygens (including phenoxy) is 1. The Bertz CT molecular complexity index is 250. The quantitative estimate of drug-likeness (QED) is 0.248. The zero-order chi connectivity index (χ0) is 22.3. The van der Waals surface area contributed by atoms with Gasteiger partial charge in [-0.25, -0.2) is 0 Å². The van der Waals surface area contributed by atoms with Crippen LogP contribution >= 0.6 is 0 Å². The fourth-order valence-corrected chi connectivity index (χ4v) is 0. The number of methoxy groups -OCH3 is 1. The second-order valence-corrected chi connectivity index (χ2v) is 0.576. The van der Waals surface area contributed by atoms with Crippen LogP contribution in [0.2, 0.25) is 0 Å². The Kier molecular flexibility index (Phi) is 7390. The summed E-state index contributed by atoms with van der Waals surface area (Å²) in [7, 11) is 1.29. The van der Waals surface area contributed by atoms with Crippen molar-refractivity contribution in [2.75, 3.05) is 7.11 Å². The summed E-state index contributed by atoms with van der Waals surface area (Å²) >= 11 is 0. The van der Waals surface area contributed by atoms with Gasteiger partial charge in [-0.15, -0.1) is 0 Å². The molecule has 26 heavy (non-hydrogen) atoms. The zero-order valence-corrected chi connectivity index (χ0v) is 15.3. The summed E-state index contributed by atoms with van der Waals surface area (Å²) in [5, 5.41) is 0. The van der Waals surface area contributed by atoms with Crippen molar-refractivity contribution in [1.82, 2.24) is 0 Å². The fourth-order valence-electron chi connectivity index (χ4n) is 0. The molecule has 0 bridgehead atoms. The topological polar surface area (TPSA) is 205 Å². The summed E-state index contributed by atoms with van der Waals surface area (Å²) in [6.07, 6.45) is 0. The van der Waals surface area contributed by atoms with Gasteiger partial charge in [0.05, 0.1) is 7.11 Å². The SMILES string of the molecule is [C-]#[O+].[C-]#[O+].[C-]#[O+].[C-]#[O+].[C-]#[O+].[C-]#[O+].[C-]#[O+].[C-]#[O+].[C-]#[O+].[CH2-]C(=O)OC.[Co].[Co].[Co]. The molecule has 0 aromatic carbocycles. The van der Waals surface area contributed by atoms with Gasteiger partial charge in [-0.05, 0) is 0 Å². The molecule has 3 radical (unpaired) electrons. The third-order valence-electron chi connectivity index (χ3n) is 0.228. The molecule has 11 nitrogen and oxygen atoms in total. The predicted octanol–water partition coefficient (Wildman–Crippen LogP) is -0.352. The van der Waals surface area contributed by atoms with Crippen molar-refractivity contribution in [2.24, 2.45) is 0 Å². The van der Waals surface area contributed by atoms with Gasteiger partial charge in [-0.1, -0.05) is 0 Å². The van der Waals surface area contributed by atoms with Crippen LogP contribution in [0.3, 0.4) is 0 Å². The molecular formula is C12H5Co3O11-. The van der Waals surface area contributed by atoms with Crippen LogP contribution in [0.25, 0.3) is 0 Å².